The summed E-state index contributed by atoms with van der Waals surface area (Å²) in [5.41, 5.74) is 7.28. The van der Waals surface area contributed by atoms with E-state index < -0.39 is 5.54 Å². The van der Waals surface area contributed by atoms with Gasteiger partial charge in [-0.2, -0.15) is 0 Å². The van der Waals surface area contributed by atoms with Gasteiger partial charge in [0.2, 0.25) is 11.2 Å². The number of hydrogen-bond donors (Lipinski definition) is 0. The number of fused-ring (bicyclic) bond motifs is 5. The van der Waals surface area contributed by atoms with E-state index in [1.54, 1.807) is 0 Å². The summed E-state index contributed by atoms with van der Waals surface area (Å²) in [6.45, 7) is 25.5. The van der Waals surface area contributed by atoms with Gasteiger partial charge in [-0.25, -0.2) is 11.1 Å². The van der Waals surface area contributed by atoms with Crippen LogP contribution in [0.3, 0.4) is 0 Å². The second-order valence-corrected chi connectivity index (χ2v) is 14.7. The van der Waals surface area contributed by atoms with Crippen LogP contribution >= 0.6 is 0 Å². The standard InChI is InChI=1S/C39H43N2O/c1-23(2)17-25-12-14-28-30(18-25)24(3)34-36-35-29(15-16-41(36)10)31-19-26(21-39(7,8)40-9)11-13-27(31)20-33(35)42-37(34)32(28)22-38(4,5)6/h11-16,18-20,23H,17,21-22H2,1-8,10H3/q+1. The third kappa shape index (κ3) is 4.82. The molecule has 0 unspecified atom stereocenters. The fourth-order valence-corrected chi connectivity index (χ4v) is 6.88. The Bertz CT molecular complexity index is 1950. The average Bonchev–Trinajstić information content (AvgIpc) is 2.91. The molecule has 0 amide bonds. The minimum atomic E-state index is -0.426. The van der Waals surface area contributed by atoms with Crippen LogP contribution in [-0.2, 0) is 26.3 Å². The lowest BCUT2D eigenvalue weighted by molar-refractivity contribution is -0.659. The van der Waals surface area contributed by atoms with Gasteiger partial charge in [0.05, 0.1) is 17.4 Å². The Labute approximate surface area is 251 Å². The Morgan fingerprint density at radius 3 is 2.26 bits per heavy atom. The topological polar surface area (TPSA) is 17.5 Å². The maximum absolute atomic E-state index is 7.63. The van der Waals surface area contributed by atoms with Crippen LogP contribution in [0, 0.1) is 24.8 Å². The van der Waals surface area contributed by atoms with Crippen LogP contribution in [0.15, 0.2) is 54.7 Å². The predicted molar refractivity (Wildman–Crippen MR) is 176 cm³/mol. The lowest BCUT2D eigenvalue weighted by Gasteiger charge is -2.28. The van der Waals surface area contributed by atoms with E-state index in [1.165, 1.54) is 65.8 Å². The SMILES string of the molecule is [C-]#[N+]C(C)(C)Cc1ccc2cc3c4c([n+](C)ccc4c2c1)-c1c(c(CC(C)(C)C)c2ccc(CC(C)C)cc2c1C)O3. The van der Waals surface area contributed by atoms with E-state index in [-0.39, 0.29) is 5.41 Å². The summed E-state index contributed by atoms with van der Waals surface area (Å²) in [5.74, 6) is 2.54. The lowest BCUT2D eigenvalue weighted by Crippen LogP contribution is -2.32. The number of benzene rings is 4. The molecule has 0 bridgehead atoms. The van der Waals surface area contributed by atoms with Crippen molar-refractivity contribution in [2.45, 2.75) is 80.2 Å². The Kier molecular flexibility index (Phi) is 6.61. The van der Waals surface area contributed by atoms with Gasteiger partial charge >= 0.3 is 0 Å². The van der Waals surface area contributed by atoms with Crippen molar-refractivity contribution < 1.29 is 9.30 Å². The number of rotatable bonds is 5. The van der Waals surface area contributed by atoms with E-state index in [0.717, 1.165) is 30.8 Å². The van der Waals surface area contributed by atoms with E-state index >= 15 is 0 Å². The number of nitrogens with zero attached hydrogens (tertiary/aromatic N) is 2. The Hall–Kier alpha value is -3.90. The third-order valence-corrected chi connectivity index (χ3v) is 8.69. The minimum Gasteiger partial charge on any atom is -0.455 e. The van der Waals surface area contributed by atoms with Crippen molar-refractivity contribution in [1.29, 1.82) is 0 Å². The van der Waals surface area contributed by atoms with Crippen LogP contribution in [0.25, 0.3) is 48.4 Å². The molecule has 1 aliphatic rings. The fraction of sp³-hybridized carbons (Fsp3) is 0.385. The van der Waals surface area contributed by atoms with Gasteiger partial charge in [0.15, 0.2) is 6.20 Å². The first-order valence-corrected chi connectivity index (χ1v) is 15.3. The van der Waals surface area contributed by atoms with Gasteiger partial charge in [0.1, 0.15) is 18.5 Å². The summed E-state index contributed by atoms with van der Waals surface area (Å²) in [7, 11) is 2.16. The van der Waals surface area contributed by atoms with Crippen LogP contribution in [0.1, 0.15) is 70.7 Å². The molecule has 0 saturated carbocycles. The zero-order valence-electron chi connectivity index (χ0n) is 26.7. The van der Waals surface area contributed by atoms with Crippen molar-refractivity contribution in [3.8, 4) is 22.8 Å². The number of aromatic nitrogens is 1. The Morgan fingerprint density at radius 1 is 0.857 bits per heavy atom. The largest absolute Gasteiger partial charge is 0.455 e. The van der Waals surface area contributed by atoms with E-state index in [0.29, 0.717) is 5.92 Å². The number of ether oxygens (including phenoxy) is 1. The molecule has 0 fully saturated rings. The van der Waals surface area contributed by atoms with E-state index in [1.807, 2.05) is 13.8 Å². The molecule has 0 saturated heterocycles. The van der Waals surface area contributed by atoms with Crippen LogP contribution in [0.4, 0.5) is 0 Å². The summed E-state index contributed by atoms with van der Waals surface area (Å²) < 4.78 is 9.33. The first-order valence-electron chi connectivity index (χ1n) is 15.3. The maximum atomic E-state index is 7.63. The predicted octanol–water partition coefficient (Wildman–Crippen LogP) is 10.1. The molecule has 1 aromatic heterocycles. The quantitative estimate of drug-likeness (QED) is 0.118. The van der Waals surface area contributed by atoms with Gasteiger partial charge < -0.3 is 9.58 Å². The summed E-state index contributed by atoms with van der Waals surface area (Å²) >= 11 is 0. The molecule has 6 rings (SSSR count). The van der Waals surface area contributed by atoms with Gasteiger partial charge in [0, 0.05) is 30.9 Å². The maximum Gasteiger partial charge on any atom is 0.231 e. The molecule has 2 heterocycles. The Morgan fingerprint density at radius 2 is 1.57 bits per heavy atom. The number of aryl methyl sites for hydroxylation is 2. The molecule has 42 heavy (non-hydrogen) atoms. The van der Waals surface area contributed by atoms with E-state index in [9.17, 15) is 0 Å². The van der Waals surface area contributed by atoms with Crippen molar-refractivity contribution in [3.63, 3.8) is 0 Å². The summed E-state index contributed by atoms with van der Waals surface area (Å²) in [4.78, 5) is 3.86. The summed E-state index contributed by atoms with van der Waals surface area (Å²) in [6, 6.07) is 18.2. The Balaban J connectivity index is 1.69. The zero-order valence-corrected chi connectivity index (χ0v) is 26.7. The second kappa shape index (κ2) is 9.84. The highest BCUT2D eigenvalue weighted by atomic mass is 16.5. The van der Waals surface area contributed by atoms with Gasteiger partial charge in [0.25, 0.3) is 0 Å². The molecule has 0 radical (unpaired) electrons. The van der Waals surface area contributed by atoms with Crippen LogP contribution < -0.4 is 9.30 Å². The van der Waals surface area contributed by atoms with Gasteiger partial charge in [-0.3, -0.25) is 0 Å². The highest BCUT2D eigenvalue weighted by molar-refractivity contribution is 6.16. The smallest absolute Gasteiger partial charge is 0.231 e. The fourth-order valence-electron chi connectivity index (χ4n) is 6.88. The van der Waals surface area contributed by atoms with Crippen LogP contribution in [0.5, 0.6) is 11.5 Å². The average molecular weight is 556 g/mol. The van der Waals surface area contributed by atoms with Gasteiger partial charge in [-0.1, -0.05) is 71.0 Å². The third-order valence-electron chi connectivity index (χ3n) is 8.69. The molecule has 5 aromatic rings. The molecule has 0 spiro atoms. The summed E-state index contributed by atoms with van der Waals surface area (Å²) in [5, 5.41) is 7.39. The molecule has 0 atom stereocenters. The molecule has 4 aromatic carbocycles. The molecule has 1 aliphatic heterocycles. The molecule has 3 heteroatoms. The molecular formula is C39H43N2O+. The first-order chi connectivity index (χ1) is 19.8. The molecule has 3 nitrogen and oxygen atoms in total. The van der Waals surface area contributed by atoms with Gasteiger partial charge in [-0.15, -0.1) is 0 Å². The highest BCUT2D eigenvalue weighted by Gasteiger charge is 2.34. The first kappa shape index (κ1) is 28.2. The van der Waals surface area contributed by atoms with Crippen LogP contribution in [-0.4, -0.2) is 5.54 Å². The number of pyridine rings is 1. The zero-order chi connectivity index (χ0) is 30.1. The second-order valence-electron chi connectivity index (χ2n) is 14.7. The van der Waals surface area contributed by atoms with Crippen molar-refractivity contribution >= 4 is 32.3 Å². The van der Waals surface area contributed by atoms with Crippen molar-refractivity contribution in [3.05, 3.63) is 88.4 Å². The molecule has 214 valence electrons. The van der Waals surface area contributed by atoms with Gasteiger partial charge in [-0.05, 0) is 75.4 Å². The lowest BCUT2D eigenvalue weighted by atomic mass is 9.81. The van der Waals surface area contributed by atoms with E-state index in [4.69, 9.17) is 11.3 Å². The normalized spacial score (nSPS) is 13.1. The summed E-state index contributed by atoms with van der Waals surface area (Å²) in [6.07, 6.45) is 4.93. The van der Waals surface area contributed by atoms with Crippen molar-refractivity contribution in [2.75, 3.05) is 0 Å². The molecular weight excluding hydrogens is 512 g/mol. The molecule has 0 aliphatic carbocycles. The minimum absolute atomic E-state index is 0.100. The van der Waals surface area contributed by atoms with E-state index in [2.05, 4.69) is 113 Å². The highest BCUT2D eigenvalue weighted by Crippen LogP contribution is 2.53. The monoisotopic (exact) mass is 555 g/mol. The van der Waals surface area contributed by atoms with Crippen molar-refractivity contribution in [1.82, 2.24) is 0 Å². The van der Waals surface area contributed by atoms with Crippen LogP contribution in [0.2, 0.25) is 0 Å². The molecule has 0 N–H and O–H groups in total. The number of hydrogen-bond acceptors (Lipinski definition) is 1. The van der Waals surface area contributed by atoms with Crippen molar-refractivity contribution in [2.24, 2.45) is 18.4 Å².